The van der Waals surface area contributed by atoms with Gasteiger partial charge >= 0.3 is 5.97 Å². The SMILES string of the molecule is O=C(O)Cc1csc2nc(-c3ccncc3)cn12. The Bertz CT molecular complexity index is 703. The maximum absolute atomic E-state index is 10.7. The van der Waals surface area contributed by atoms with Crippen LogP contribution in [0.15, 0.2) is 36.1 Å². The molecule has 0 amide bonds. The molecule has 0 saturated heterocycles. The van der Waals surface area contributed by atoms with E-state index in [1.807, 2.05) is 28.1 Å². The fraction of sp³-hybridized carbons (Fsp3) is 0.0833. The average Bonchev–Trinajstić information content (AvgIpc) is 2.92. The van der Waals surface area contributed by atoms with Crippen molar-refractivity contribution in [2.75, 3.05) is 0 Å². The molecule has 0 saturated carbocycles. The van der Waals surface area contributed by atoms with Gasteiger partial charge in [0.25, 0.3) is 0 Å². The van der Waals surface area contributed by atoms with E-state index in [0.717, 1.165) is 21.9 Å². The maximum Gasteiger partial charge on any atom is 0.309 e. The Kier molecular flexibility index (Phi) is 2.56. The van der Waals surface area contributed by atoms with Gasteiger partial charge in [-0.05, 0) is 12.1 Å². The Morgan fingerprint density at radius 2 is 2.17 bits per heavy atom. The molecule has 5 nitrogen and oxygen atoms in total. The summed E-state index contributed by atoms with van der Waals surface area (Å²) >= 11 is 1.44. The smallest absolute Gasteiger partial charge is 0.309 e. The molecule has 1 N–H and O–H groups in total. The second kappa shape index (κ2) is 4.23. The minimum absolute atomic E-state index is 0.00610. The van der Waals surface area contributed by atoms with Gasteiger partial charge in [0.05, 0.1) is 12.1 Å². The predicted molar refractivity (Wildman–Crippen MR) is 67.6 cm³/mol. The minimum Gasteiger partial charge on any atom is -0.481 e. The summed E-state index contributed by atoms with van der Waals surface area (Å²) in [6, 6.07) is 3.76. The Balaban J connectivity index is 2.07. The summed E-state index contributed by atoms with van der Waals surface area (Å²) < 4.78 is 1.83. The standard InChI is InChI=1S/C12H9N3O2S/c16-11(17)5-9-7-18-12-14-10(6-15(9)12)8-1-3-13-4-2-8/h1-4,6-7H,5H2,(H,16,17). The number of carboxylic acids is 1. The molecule has 0 aliphatic carbocycles. The highest BCUT2D eigenvalue weighted by molar-refractivity contribution is 7.15. The number of imidazole rings is 1. The summed E-state index contributed by atoms with van der Waals surface area (Å²) in [7, 11) is 0. The number of aromatic nitrogens is 3. The quantitative estimate of drug-likeness (QED) is 0.782. The van der Waals surface area contributed by atoms with Crippen LogP contribution in [0.25, 0.3) is 16.2 Å². The van der Waals surface area contributed by atoms with Gasteiger partial charge in [-0.25, -0.2) is 4.98 Å². The molecule has 0 aromatic carbocycles. The lowest BCUT2D eigenvalue weighted by atomic mass is 10.2. The molecule has 0 aliphatic rings. The molecule has 0 atom stereocenters. The molecule has 18 heavy (non-hydrogen) atoms. The van der Waals surface area contributed by atoms with Gasteiger partial charge in [0, 0.05) is 35.2 Å². The van der Waals surface area contributed by atoms with Gasteiger partial charge in [0.1, 0.15) is 0 Å². The van der Waals surface area contributed by atoms with Crippen LogP contribution >= 0.6 is 11.3 Å². The van der Waals surface area contributed by atoms with E-state index in [1.165, 1.54) is 11.3 Å². The summed E-state index contributed by atoms with van der Waals surface area (Å²) in [4.78, 5) is 20.0. The second-order valence-corrected chi connectivity index (χ2v) is 4.65. The lowest BCUT2D eigenvalue weighted by Gasteiger charge is -1.94. The van der Waals surface area contributed by atoms with E-state index in [1.54, 1.807) is 12.4 Å². The molecule has 90 valence electrons. The molecule has 3 rings (SSSR count). The second-order valence-electron chi connectivity index (χ2n) is 3.81. The molecule has 0 fully saturated rings. The number of fused-ring (bicyclic) bond motifs is 1. The Hall–Kier alpha value is -2.21. The number of carboxylic acid groups (broad SMARTS) is 1. The van der Waals surface area contributed by atoms with Crippen LogP contribution in [0.4, 0.5) is 0 Å². The van der Waals surface area contributed by atoms with Crippen LogP contribution in [0, 0.1) is 0 Å². The van der Waals surface area contributed by atoms with Crippen molar-refractivity contribution in [3.63, 3.8) is 0 Å². The van der Waals surface area contributed by atoms with Gasteiger partial charge in [0.2, 0.25) is 0 Å². The van der Waals surface area contributed by atoms with E-state index in [2.05, 4.69) is 9.97 Å². The van der Waals surface area contributed by atoms with E-state index in [9.17, 15) is 4.79 Å². The van der Waals surface area contributed by atoms with Crippen LogP contribution < -0.4 is 0 Å². The molecule has 3 aromatic rings. The fourth-order valence-corrected chi connectivity index (χ4v) is 2.65. The van der Waals surface area contributed by atoms with Gasteiger partial charge < -0.3 is 5.11 Å². The monoisotopic (exact) mass is 259 g/mol. The number of aliphatic carboxylic acids is 1. The van der Waals surface area contributed by atoms with Crippen LogP contribution in [0.3, 0.4) is 0 Å². The molecule has 0 spiro atoms. The first-order valence-electron chi connectivity index (χ1n) is 5.32. The Labute approximate surface area is 106 Å². The normalized spacial score (nSPS) is 10.9. The zero-order chi connectivity index (χ0) is 12.5. The van der Waals surface area contributed by atoms with Crippen LogP contribution in [-0.4, -0.2) is 25.4 Å². The highest BCUT2D eigenvalue weighted by Crippen LogP contribution is 2.23. The van der Waals surface area contributed by atoms with E-state index in [4.69, 9.17) is 5.11 Å². The highest BCUT2D eigenvalue weighted by atomic mass is 32.1. The van der Waals surface area contributed by atoms with Crippen molar-refractivity contribution in [3.05, 3.63) is 41.8 Å². The van der Waals surface area contributed by atoms with Crippen molar-refractivity contribution in [2.45, 2.75) is 6.42 Å². The third-order valence-electron chi connectivity index (χ3n) is 2.59. The third kappa shape index (κ3) is 1.86. The van der Waals surface area contributed by atoms with Crippen molar-refractivity contribution < 1.29 is 9.90 Å². The van der Waals surface area contributed by atoms with Crippen LogP contribution in [0.2, 0.25) is 0 Å². The lowest BCUT2D eigenvalue weighted by molar-refractivity contribution is -0.136. The lowest BCUT2D eigenvalue weighted by Crippen LogP contribution is -2.02. The van der Waals surface area contributed by atoms with Crippen molar-refractivity contribution in [2.24, 2.45) is 0 Å². The van der Waals surface area contributed by atoms with E-state index in [-0.39, 0.29) is 6.42 Å². The van der Waals surface area contributed by atoms with Gasteiger partial charge in [-0.15, -0.1) is 11.3 Å². The van der Waals surface area contributed by atoms with E-state index < -0.39 is 5.97 Å². The molecule has 0 bridgehead atoms. The zero-order valence-electron chi connectivity index (χ0n) is 9.28. The summed E-state index contributed by atoms with van der Waals surface area (Å²) in [6.45, 7) is 0. The fourth-order valence-electron chi connectivity index (χ4n) is 1.77. The summed E-state index contributed by atoms with van der Waals surface area (Å²) in [5.41, 5.74) is 2.55. The van der Waals surface area contributed by atoms with Gasteiger partial charge in [-0.1, -0.05) is 0 Å². The molecule has 0 aliphatic heterocycles. The van der Waals surface area contributed by atoms with Crippen LogP contribution in [-0.2, 0) is 11.2 Å². The number of pyridine rings is 1. The Morgan fingerprint density at radius 3 is 2.89 bits per heavy atom. The van der Waals surface area contributed by atoms with E-state index in [0.29, 0.717) is 0 Å². The number of hydrogen-bond acceptors (Lipinski definition) is 4. The van der Waals surface area contributed by atoms with Crippen LogP contribution in [0.5, 0.6) is 0 Å². The molecular formula is C12H9N3O2S. The predicted octanol–water partition coefficient (Wildman–Crippen LogP) is 2.08. The highest BCUT2D eigenvalue weighted by Gasteiger charge is 2.11. The zero-order valence-corrected chi connectivity index (χ0v) is 10.1. The maximum atomic E-state index is 10.7. The summed E-state index contributed by atoms with van der Waals surface area (Å²) in [5, 5.41) is 10.7. The van der Waals surface area contributed by atoms with Crippen molar-refractivity contribution in [1.82, 2.24) is 14.4 Å². The topological polar surface area (TPSA) is 67.5 Å². The third-order valence-corrected chi connectivity index (χ3v) is 3.48. The van der Waals surface area contributed by atoms with Crippen molar-refractivity contribution in [1.29, 1.82) is 0 Å². The summed E-state index contributed by atoms with van der Waals surface area (Å²) in [5.74, 6) is -0.839. The first kappa shape index (κ1) is 10.9. The number of nitrogens with zero attached hydrogens (tertiary/aromatic N) is 3. The van der Waals surface area contributed by atoms with Gasteiger partial charge in [-0.3, -0.25) is 14.2 Å². The first-order chi connectivity index (χ1) is 8.74. The number of carbonyl (C=O) groups is 1. The molecule has 3 aromatic heterocycles. The van der Waals surface area contributed by atoms with Gasteiger partial charge in [0.15, 0.2) is 4.96 Å². The number of thiazole rings is 1. The Morgan fingerprint density at radius 1 is 1.39 bits per heavy atom. The molecule has 0 radical (unpaired) electrons. The molecular weight excluding hydrogens is 250 g/mol. The summed E-state index contributed by atoms with van der Waals surface area (Å²) in [6.07, 6.45) is 5.29. The van der Waals surface area contributed by atoms with Crippen molar-refractivity contribution >= 4 is 22.3 Å². The van der Waals surface area contributed by atoms with Crippen LogP contribution in [0.1, 0.15) is 5.69 Å². The first-order valence-corrected chi connectivity index (χ1v) is 6.19. The largest absolute Gasteiger partial charge is 0.481 e. The molecule has 6 heteroatoms. The minimum atomic E-state index is -0.839. The van der Waals surface area contributed by atoms with E-state index >= 15 is 0 Å². The number of rotatable bonds is 3. The molecule has 0 unspecified atom stereocenters. The van der Waals surface area contributed by atoms with Gasteiger partial charge in [-0.2, -0.15) is 0 Å². The molecule has 3 heterocycles. The number of hydrogen-bond donors (Lipinski definition) is 1. The van der Waals surface area contributed by atoms with Crippen molar-refractivity contribution in [3.8, 4) is 11.3 Å². The average molecular weight is 259 g/mol.